The summed E-state index contributed by atoms with van der Waals surface area (Å²) in [7, 11) is 0. The van der Waals surface area contributed by atoms with Gasteiger partial charge in [-0.05, 0) is 37.8 Å². The van der Waals surface area contributed by atoms with Crippen LogP contribution in [0.15, 0.2) is 35.3 Å². The number of fused-ring (bicyclic) bond motifs is 4. The van der Waals surface area contributed by atoms with Gasteiger partial charge in [0.2, 0.25) is 11.8 Å². The largest absolute Gasteiger partial charge is 0.354 e. The van der Waals surface area contributed by atoms with E-state index in [2.05, 4.69) is 10.4 Å². The zero-order chi connectivity index (χ0) is 22.0. The van der Waals surface area contributed by atoms with Crippen LogP contribution < -0.4 is 10.9 Å². The SMILES string of the molecule is CCCC(=O)NC[C@H]1[C@H]2C[C@H](CN(C(=O)CCn3nccc3C)C2)c2cccc(=O)n21. The Hall–Kier alpha value is -2.90. The van der Waals surface area contributed by atoms with E-state index in [1.807, 2.05) is 40.1 Å². The number of likely N-dealkylation sites (tertiary alicyclic amines) is 1. The van der Waals surface area contributed by atoms with Gasteiger partial charge < -0.3 is 14.8 Å². The number of carbonyl (C=O) groups excluding carboxylic acids is 2. The van der Waals surface area contributed by atoms with Crippen LogP contribution in [0.3, 0.4) is 0 Å². The van der Waals surface area contributed by atoms with E-state index in [4.69, 9.17) is 0 Å². The summed E-state index contributed by atoms with van der Waals surface area (Å²) in [5, 5.41) is 7.27. The second kappa shape index (κ2) is 9.08. The Morgan fingerprint density at radius 3 is 2.77 bits per heavy atom. The summed E-state index contributed by atoms with van der Waals surface area (Å²) in [6.45, 7) is 6.18. The zero-order valence-electron chi connectivity index (χ0n) is 18.3. The molecule has 8 nitrogen and oxygen atoms in total. The molecule has 1 saturated heterocycles. The van der Waals surface area contributed by atoms with Crippen molar-refractivity contribution in [2.45, 2.75) is 58.0 Å². The van der Waals surface area contributed by atoms with Crippen molar-refractivity contribution in [3.05, 3.63) is 52.2 Å². The number of aryl methyl sites for hydroxylation is 2. The first-order chi connectivity index (χ1) is 15.0. The summed E-state index contributed by atoms with van der Waals surface area (Å²) in [6, 6.07) is 7.17. The normalized spacial score (nSPS) is 22.1. The smallest absolute Gasteiger partial charge is 0.251 e. The maximum absolute atomic E-state index is 13.0. The van der Waals surface area contributed by atoms with E-state index >= 15 is 0 Å². The lowest BCUT2D eigenvalue weighted by Crippen LogP contribution is -2.53. The molecule has 166 valence electrons. The lowest BCUT2D eigenvalue weighted by atomic mass is 9.78. The van der Waals surface area contributed by atoms with Gasteiger partial charge in [-0.1, -0.05) is 13.0 Å². The first-order valence-corrected chi connectivity index (χ1v) is 11.2. The molecule has 0 radical (unpaired) electrons. The van der Waals surface area contributed by atoms with Crippen molar-refractivity contribution in [2.75, 3.05) is 19.6 Å². The van der Waals surface area contributed by atoms with Crippen molar-refractivity contribution in [3.63, 3.8) is 0 Å². The van der Waals surface area contributed by atoms with Crippen LogP contribution in [0.5, 0.6) is 0 Å². The number of pyridine rings is 1. The Balaban J connectivity index is 1.52. The van der Waals surface area contributed by atoms with Crippen molar-refractivity contribution in [1.29, 1.82) is 0 Å². The van der Waals surface area contributed by atoms with Gasteiger partial charge in [-0.15, -0.1) is 0 Å². The average Bonchev–Trinajstić information content (AvgIpc) is 3.17. The minimum Gasteiger partial charge on any atom is -0.354 e. The van der Waals surface area contributed by atoms with E-state index in [9.17, 15) is 14.4 Å². The van der Waals surface area contributed by atoms with E-state index in [1.165, 1.54) is 0 Å². The third-order valence-corrected chi connectivity index (χ3v) is 6.60. The van der Waals surface area contributed by atoms with Gasteiger partial charge in [0.05, 0.1) is 6.04 Å². The van der Waals surface area contributed by atoms with Crippen molar-refractivity contribution < 1.29 is 9.59 Å². The van der Waals surface area contributed by atoms with Gasteiger partial charge in [0.15, 0.2) is 0 Å². The minimum absolute atomic E-state index is 0.00786. The predicted octanol–water partition coefficient (Wildman–Crippen LogP) is 1.85. The highest BCUT2D eigenvalue weighted by Gasteiger charge is 2.41. The van der Waals surface area contributed by atoms with Crippen LogP contribution in [0.2, 0.25) is 0 Å². The van der Waals surface area contributed by atoms with E-state index < -0.39 is 0 Å². The lowest BCUT2D eigenvalue weighted by Gasteiger charge is -2.47. The summed E-state index contributed by atoms with van der Waals surface area (Å²) in [5.41, 5.74) is 1.98. The molecule has 2 aliphatic heterocycles. The van der Waals surface area contributed by atoms with E-state index in [0.29, 0.717) is 39.0 Å². The van der Waals surface area contributed by atoms with Crippen molar-refractivity contribution >= 4 is 11.8 Å². The molecule has 2 aliphatic rings. The maximum Gasteiger partial charge on any atom is 0.251 e. The topological polar surface area (TPSA) is 89.2 Å². The third kappa shape index (κ3) is 4.43. The number of nitrogens with zero attached hydrogens (tertiary/aromatic N) is 4. The van der Waals surface area contributed by atoms with E-state index in [1.54, 1.807) is 18.3 Å². The highest BCUT2D eigenvalue weighted by molar-refractivity contribution is 5.76. The number of piperidine rings is 1. The van der Waals surface area contributed by atoms with Crippen molar-refractivity contribution in [2.24, 2.45) is 5.92 Å². The van der Waals surface area contributed by atoms with Gasteiger partial charge in [0, 0.05) is 68.6 Å². The molecule has 2 bridgehead atoms. The molecule has 4 heterocycles. The minimum atomic E-state index is -0.135. The molecule has 0 aromatic carbocycles. The fourth-order valence-electron chi connectivity index (χ4n) is 5.03. The summed E-state index contributed by atoms with van der Waals surface area (Å²) in [6.07, 6.45) is 4.35. The Morgan fingerprint density at radius 2 is 2.03 bits per heavy atom. The molecular weight excluding hydrogens is 394 g/mol. The highest BCUT2D eigenvalue weighted by Crippen LogP contribution is 2.41. The lowest BCUT2D eigenvalue weighted by molar-refractivity contribution is -0.134. The second-order valence-electron chi connectivity index (χ2n) is 8.72. The summed E-state index contributed by atoms with van der Waals surface area (Å²) < 4.78 is 3.71. The highest BCUT2D eigenvalue weighted by atomic mass is 16.2. The Labute approximate surface area is 182 Å². The first kappa shape index (κ1) is 21.3. The van der Waals surface area contributed by atoms with Crippen LogP contribution in [0.4, 0.5) is 0 Å². The Kier molecular flexibility index (Phi) is 6.25. The molecule has 2 aromatic rings. The van der Waals surface area contributed by atoms with Crippen molar-refractivity contribution in [3.8, 4) is 0 Å². The molecule has 1 fully saturated rings. The summed E-state index contributed by atoms with van der Waals surface area (Å²) in [5.74, 6) is 0.410. The van der Waals surface area contributed by atoms with Crippen LogP contribution >= 0.6 is 0 Å². The van der Waals surface area contributed by atoms with Gasteiger partial charge in [-0.25, -0.2) is 0 Å². The first-order valence-electron chi connectivity index (χ1n) is 11.2. The van der Waals surface area contributed by atoms with Crippen LogP contribution in [0.1, 0.15) is 56.0 Å². The van der Waals surface area contributed by atoms with Crippen LogP contribution in [-0.4, -0.2) is 50.7 Å². The molecule has 2 amide bonds. The molecule has 31 heavy (non-hydrogen) atoms. The fraction of sp³-hybridized carbons (Fsp3) is 0.565. The fourth-order valence-corrected chi connectivity index (χ4v) is 5.03. The molecule has 4 rings (SSSR count). The molecule has 3 atom stereocenters. The van der Waals surface area contributed by atoms with Crippen LogP contribution in [-0.2, 0) is 16.1 Å². The van der Waals surface area contributed by atoms with Gasteiger partial charge in [0.1, 0.15) is 0 Å². The molecule has 2 aromatic heterocycles. The number of rotatable bonds is 7. The number of hydrogen-bond donors (Lipinski definition) is 1. The van der Waals surface area contributed by atoms with Crippen LogP contribution in [0.25, 0.3) is 0 Å². The van der Waals surface area contributed by atoms with E-state index in [0.717, 1.165) is 24.2 Å². The average molecular weight is 426 g/mol. The van der Waals surface area contributed by atoms with Gasteiger partial charge >= 0.3 is 0 Å². The summed E-state index contributed by atoms with van der Waals surface area (Å²) in [4.78, 5) is 39.8. The third-order valence-electron chi connectivity index (χ3n) is 6.60. The van der Waals surface area contributed by atoms with Gasteiger partial charge in [0.25, 0.3) is 5.56 Å². The van der Waals surface area contributed by atoms with Gasteiger partial charge in [-0.2, -0.15) is 5.10 Å². The predicted molar refractivity (Wildman–Crippen MR) is 117 cm³/mol. The van der Waals surface area contributed by atoms with Gasteiger partial charge in [-0.3, -0.25) is 19.1 Å². The quantitative estimate of drug-likeness (QED) is 0.733. The summed E-state index contributed by atoms with van der Waals surface area (Å²) >= 11 is 0. The number of nitrogens with one attached hydrogen (secondary N) is 1. The number of aromatic nitrogens is 3. The number of hydrogen-bond acceptors (Lipinski definition) is 4. The monoisotopic (exact) mass is 425 g/mol. The van der Waals surface area contributed by atoms with Crippen LogP contribution in [0, 0.1) is 12.8 Å². The molecule has 0 saturated carbocycles. The molecule has 8 heteroatoms. The Morgan fingerprint density at radius 1 is 1.19 bits per heavy atom. The van der Waals surface area contributed by atoms with Crippen molar-refractivity contribution in [1.82, 2.24) is 24.6 Å². The molecule has 0 spiro atoms. The molecular formula is C23H31N5O3. The zero-order valence-corrected chi connectivity index (χ0v) is 18.3. The molecule has 0 aliphatic carbocycles. The van der Waals surface area contributed by atoms with E-state index in [-0.39, 0.29) is 35.3 Å². The second-order valence-corrected chi connectivity index (χ2v) is 8.72. The maximum atomic E-state index is 13.0. The number of carbonyl (C=O) groups is 2. The standard InChI is InChI=1S/C23H31N5O3/c1-3-5-21(29)24-13-20-18-12-17(19-6-4-7-23(31)28(19)20)14-26(15-18)22(30)9-11-27-16(2)8-10-25-27/h4,6-8,10,17-18,20H,3,5,9,11-15H2,1-2H3,(H,24,29)/t17-,18+,20+/m1/s1. The number of amides is 2. The molecule has 1 N–H and O–H groups in total. The molecule has 0 unspecified atom stereocenters. The Bertz CT molecular complexity index is 1010.